The Morgan fingerprint density at radius 3 is 1.68 bits per heavy atom. The van der Waals surface area contributed by atoms with Crippen LogP contribution in [0.5, 0.6) is 0 Å². The van der Waals surface area contributed by atoms with Gasteiger partial charge in [0.2, 0.25) is 5.89 Å². The normalized spacial score (nSPS) is 11.6. The molecule has 0 aliphatic carbocycles. The van der Waals surface area contributed by atoms with Crippen molar-refractivity contribution in [2.24, 2.45) is 0 Å². The lowest BCUT2D eigenvalue weighted by Gasteiger charge is -2.26. The van der Waals surface area contributed by atoms with E-state index in [0.29, 0.717) is 5.89 Å². The van der Waals surface area contributed by atoms with E-state index in [4.69, 9.17) is 9.40 Å². The molecular weight excluding hydrogens is 685 g/mol. The number of oxazole rings is 1. The van der Waals surface area contributed by atoms with Gasteiger partial charge in [-0.25, -0.2) is 4.98 Å². The van der Waals surface area contributed by atoms with Gasteiger partial charge in [-0.3, -0.25) is 0 Å². The van der Waals surface area contributed by atoms with Crippen LogP contribution in [0, 0.1) is 0 Å². The van der Waals surface area contributed by atoms with Crippen LogP contribution in [0.1, 0.15) is 0 Å². The summed E-state index contributed by atoms with van der Waals surface area (Å²) in [6.45, 7) is 0. The molecule has 0 saturated carbocycles. The van der Waals surface area contributed by atoms with Crippen molar-refractivity contribution >= 4 is 71.4 Å². The van der Waals surface area contributed by atoms with Crippen LogP contribution >= 0.6 is 0 Å². The van der Waals surface area contributed by atoms with Gasteiger partial charge in [0.15, 0.2) is 5.58 Å². The molecule has 0 N–H and O–H groups in total. The summed E-state index contributed by atoms with van der Waals surface area (Å²) in [6.07, 6.45) is 0. The van der Waals surface area contributed by atoms with E-state index in [2.05, 4.69) is 167 Å². The molecule has 0 radical (unpaired) electrons. The molecule has 0 aliphatic rings. The second kappa shape index (κ2) is 13.0. The van der Waals surface area contributed by atoms with Gasteiger partial charge in [0.1, 0.15) is 5.52 Å². The van der Waals surface area contributed by atoms with E-state index in [1.165, 1.54) is 43.4 Å². The molecule has 0 bridgehead atoms. The highest BCUT2D eigenvalue weighted by molar-refractivity contribution is 6.09. The lowest BCUT2D eigenvalue weighted by Crippen LogP contribution is -2.10. The van der Waals surface area contributed by atoms with Gasteiger partial charge >= 0.3 is 0 Å². The number of hydrogen-bond acceptors (Lipinski definition) is 5. The highest BCUT2D eigenvalue weighted by atomic mass is 16.3. The minimum absolute atomic E-state index is 0.603. The SMILES string of the molecule is c1ccc2cc(-c3ccc4c(ccc5cc(N(c6ccc(-c7cc8ccccc8nn7)cc6)c6ccc(-c7nc8ccccc8o7)cc6)ccc54)c3)ccc2c1. The second-order valence-electron chi connectivity index (χ2n) is 14.2. The molecule has 5 nitrogen and oxygen atoms in total. The van der Waals surface area contributed by atoms with Crippen LogP contribution in [-0.4, -0.2) is 15.2 Å². The molecule has 2 aromatic heterocycles. The standard InChI is InChI=1S/C51H32N4O/c1-2-8-36-29-37(14-13-33(36)7-1)38-21-27-45-39(30-38)15-16-40-31-44(26-28-46(40)45)55(43-24-19-35(20-25-43)51-52-48-11-5-6-12-50(48)56-51)42-22-17-34(18-23-42)49-32-41-9-3-4-10-47(41)53-54-49/h1-32H. The lowest BCUT2D eigenvalue weighted by atomic mass is 9.96. The van der Waals surface area contributed by atoms with Crippen molar-refractivity contribution in [3.8, 4) is 33.8 Å². The molecule has 56 heavy (non-hydrogen) atoms. The molecule has 262 valence electrons. The predicted molar refractivity (Wildman–Crippen MR) is 231 cm³/mol. The fourth-order valence-corrected chi connectivity index (χ4v) is 7.85. The van der Waals surface area contributed by atoms with E-state index in [1.807, 2.05) is 42.5 Å². The first-order valence-corrected chi connectivity index (χ1v) is 18.8. The maximum atomic E-state index is 6.10. The summed E-state index contributed by atoms with van der Waals surface area (Å²) in [5.41, 5.74) is 10.8. The molecule has 9 aromatic carbocycles. The van der Waals surface area contributed by atoms with Crippen LogP contribution in [0.15, 0.2) is 199 Å². The van der Waals surface area contributed by atoms with E-state index in [9.17, 15) is 0 Å². The van der Waals surface area contributed by atoms with Gasteiger partial charge in [-0.15, -0.1) is 10.2 Å². The summed E-state index contributed by atoms with van der Waals surface area (Å²) in [6, 6.07) is 68.2. The summed E-state index contributed by atoms with van der Waals surface area (Å²) in [7, 11) is 0. The number of para-hydroxylation sites is 2. The zero-order valence-corrected chi connectivity index (χ0v) is 30.2. The van der Waals surface area contributed by atoms with Gasteiger partial charge in [-0.2, -0.15) is 0 Å². The van der Waals surface area contributed by atoms with Crippen molar-refractivity contribution in [1.29, 1.82) is 0 Å². The Bertz CT molecular complexity index is 3230. The first-order valence-electron chi connectivity index (χ1n) is 18.8. The summed E-state index contributed by atoms with van der Waals surface area (Å²) < 4.78 is 6.10. The van der Waals surface area contributed by atoms with Crippen LogP contribution in [0.4, 0.5) is 17.1 Å². The van der Waals surface area contributed by atoms with Crippen molar-refractivity contribution in [3.63, 3.8) is 0 Å². The number of fused-ring (bicyclic) bond motifs is 6. The Morgan fingerprint density at radius 2 is 0.911 bits per heavy atom. The highest BCUT2D eigenvalue weighted by Crippen LogP contribution is 2.40. The number of anilines is 3. The van der Waals surface area contributed by atoms with Gasteiger partial charge in [0, 0.05) is 33.6 Å². The second-order valence-corrected chi connectivity index (χ2v) is 14.2. The summed E-state index contributed by atoms with van der Waals surface area (Å²) in [4.78, 5) is 7.02. The molecule has 0 unspecified atom stereocenters. The monoisotopic (exact) mass is 716 g/mol. The van der Waals surface area contributed by atoms with E-state index in [1.54, 1.807) is 0 Å². The molecule has 11 rings (SSSR count). The Hall–Kier alpha value is -7.63. The Morgan fingerprint density at radius 1 is 0.357 bits per heavy atom. The highest BCUT2D eigenvalue weighted by Gasteiger charge is 2.16. The van der Waals surface area contributed by atoms with Crippen molar-refractivity contribution in [2.45, 2.75) is 0 Å². The number of benzene rings is 9. The number of nitrogens with zero attached hydrogens (tertiary/aromatic N) is 4. The van der Waals surface area contributed by atoms with Crippen LogP contribution in [0.3, 0.4) is 0 Å². The Balaban J connectivity index is 0.983. The lowest BCUT2D eigenvalue weighted by molar-refractivity contribution is 0.620. The van der Waals surface area contributed by atoms with Gasteiger partial charge in [0.25, 0.3) is 0 Å². The zero-order valence-electron chi connectivity index (χ0n) is 30.2. The minimum atomic E-state index is 0.603. The Labute approximate surface area is 322 Å². The van der Waals surface area contributed by atoms with Crippen molar-refractivity contribution in [3.05, 3.63) is 194 Å². The Kier molecular flexibility index (Phi) is 7.42. The van der Waals surface area contributed by atoms with Gasteiger partial charge in [-0.1, -0.05) is 109 Å². The van der Waals surface area contributed by atoms with Crippen molar-refractivity contribution in [2.75, 3.05) is 4.90 Å². The molecule has 0 amide bonds. The molecule has 2 heterocycles. The molecule has 11 aromatic rings. The van der Waals surface area contributed by atoms with Crippen LogP contribution in [-0.2, 0) is 0 Å². The van der Waals surface area contributed by atoms with Crippen molar-refractivity contribution in [1.82, 2.24) is 15.2 Å². The zero-order chi connectivity index (χ0) is 37.0. The maximum Gasteiger partial charge on any atom is 0.227 e. The quantitative estimate of drug-likeness (QED) is 0.160. The third-order valence-corrected chi connectivity index (χ3v) is 10.7. The fourth-order valence-electron chi connectivity index (χ4n) is 7.85. The van der Waals surface area contributed by atoms with Gasteiger partial charge < -0.3 is 9.32 Å². The molecule has 0 atom stereocenters. The molecule has 0 aliphatic heterocycles. The minimum Gasteiger partial charge on any atom is -0.436 e. The molecule has 0 fully saturated rings. The number of hydrogen-bond donors (Lipinski definition) is 0. The number of rotatable bonds is 6. The third kappa shape index (κ3) is 5.62. The predicted octanol–water partition coefficient (Wildman–Crippen LogP) is 13.7. The summed E-state index contributed by atoms with van der Waals surface area (Å²) >= 11 is 0. The molecule has 0 spiro atoms. The first-order chi connectivity index (χ1) is 27.7. The first kappa shape index (κ1) is 31.9. The van der Waals surface area contributed by atoms with E-state index >= 15 is 0 Å². The van der Waals surface area contributed by atoms with E-state index < -0.39 is 0 Å². The smallest absolute Gasteiger partial charge is 0.227 e. The van der Waals surface area contributed by atoms with Gasteiger partial charge in [-0.05, 0) is 128 Å². The molecule has 0 saturated heterocycles. The average Bonchev–Trinajstić information content (AvgIpc) is 3.71. The summed E-state index contributed by atoms with van der Waals surface area (Å²) in [5.74, 6) is 0.603. The molecule has 5 heteroatoms. The van der Waals surface area contributed by atoms with E-state index in [0.717, 1.165) is 55.9 Å². The van der Waals surface area contributed by atoms with Crippen LogP contribution < -0.4 is 4.90 Å². The fraction of sp³-hybridized carbons (Fsp3) is 0. The number of aromatic nitrogens is 3. The molecular formula is C51H32N4O. The third-order valence-electron chi connectivity index (χ3n) is 10.7. The maximum absolute atomic E-state index is 6.10. The van der Waals surface area contributed by atoms with Crippen LogP contribution in [0.25, 0.3) is 88.2 Å². The van der Waals surface area contributed by atoms with Crippen molar-refractivity contribution < 1.29 is 4.42 Å². The van der Waals surface area contributed by atoms with Crippen LogP contribution in [0.2, 0.25) is 0 Å². The largest absolute Gasteiger partial charge is 0.436 e. The van der Waals surface area contributed by atoms with E-state index in [-0.39, 0.29) is 0 Å². The summed E-state index contributed by atoms with van der Waals surface area (Å²) in [5, 5.41) is 17.4. The average molecular weight is 717 g/mol. The van der Waals surface area contributed by atoms with Gasteiger partial charge in [0.05, 0.1) is 11.2 Å². The topological polar surface area (TPSA) is 55.1 Å².